The fourth-order valence-corrected chi connectivity index (χ4v) is 2.81. The summed E-state index contributed by atoms with van der Waals surface area (Å²) >= 11 is 0. The number of aliphatic hydroxyl groups is 1. The number of rotatable bonds is 5. The van der Waals surface area contributed by atoms with Crippen LogP contribution in [0.25, 0.3) is 11.5 Å². The van der Waals surface area contributed by atoms with E-state index < -0.39 is 6.10 Å². The Hall–Kier alpha value is -2.54. The van der Waals surface area contributed by atoms with Crippen LogP contribution in [0.3, 0.4) is 0 Å². The van der Waals surface area contributed by atoms with Crippen LogP contribution in [0.2, 0.25) is 0 Å². The maximum atomic E-state index is 11.7. The topological polar surface area (TPSA) is 91.2 Å². The Morgan fingerprint density at radius 2 is 2.24 bits per heavy atom. The summed E-state index contributed by atoms with van der Waals surface area (Å²) < 4.78 is 0. The van der Waals surface area contributed by atoms with Crippen molar-refractivity contribution in [2.75, 3.05) is 18.4 Å². The van der Waals surface area contributed by atoms with Gasteiger partial charge < -0.3 is 15.3 Å². The highest BCUT2D eigenvalue weighted by Gasteiger charge is 2.24. The number of pyridine rings is 1. The minimum absolute atomic E-state index is 0.0413. The molecule has 0 spiro atoms. The van der Waals surface area contributed by atoms with Gasteiger partial charge in [0, 0.05) is 31.8 Å². The molecule has 0 aliphatic carbocycles. The van der Waals surface area contributed by atoms with Gasteiger partial charge in [0.25, 0.3) is 0 Å². The summed E-state index contributed by atoms with van der Waals surface area (Å²) in [5, 5.41) is 13.1. The van der Waals surface area contributed by atoms with Crippen LogP contribution in [-0.4, -0.2) is 50.1 Å². The fourth-order valence-electron chi connectivity index (χ4n) is 2.81. The normalized spacial score (nSPS) is 14.8. The van der Waals surface area contributed by atoms with Gasteiger partial charge in [-0.25, -0.2) is 9.97 Å². The van der Waals surface area contributed by atoms with Gasteiger partial charge >= 0.3 is 0 Å². The average molecular weight is 341 g/mol. The number of aliphatic hydroxyl groups excluding tert-OH is 1. The third-order valence-corrected chi connectivity index (χ3v) is 4.38. The highest BCUT2D eigenvalue weighted by Crippen LogP contribution is 2.26. The SMILES string of the molecule is CC[C@@H](O)CNc1nc(-c2ccccn2)nc2c1CCN(C(C)=O)C2. The number of hydrogen-bond donors (Lipinski definition) is 2. The summed E-state index contributed by atoms with van der Waals surface area (Å²) in [4.78, 5) is 27.1. The predicted molar refractivity (Wildman–Crippen MR) is 94.8 cm³/mol. The van der Waals surface area contributed by atoms with Gasteiger partial charge in [-0.05, 0) is 25.0 Å². The molecule has 0 saturated heterocycles. The molecule has 25 heavy (non-hydrogen) atoms. The van der Waals surface area contributed by atoms with Gasteiger partial charge in [-0.1, -0.05) is 13.0 Å². The van der Waals surface area contributed by atoms with Crippen molar-refractivity contribution in [3.05, 3.63) is 35.7 Å². The van der Waals surface area contributed by atoms with Crippen molar-refractivity contribution in [3.8, 4) is 11.5 Å². The van der Waals surface area contributed by atoms with Crippen LogP contribution in [0.4, 0.5) is 5.82 Å². The Morgan fingerprint density at radius 1 is 1.40 bits per heavy atom. The molecule has 132 valence electrons. The first-order valence-corrected chi connectivity index (χ1v) is 8.57. The third kappa shape index (κ3) is 3.93. The highest BCUT2D eigenvalue weighted by atomic mass is 16.3. The lowest BCUT2D eigenvalue weighted by Crippen LogP contribution is -2.35. The Kier molecular flexibility index (Phi) is 5.23. The number of hydrogen-bond acceptors (Lipinski definition) is 6. The van der Waals surface area contributed by atoms with E-state index in [1.54, 1.807) is 18.0 Å². The molecule has 1 atom stereocenters. The smallest absolute Gasteiger partial charge is 0.219 e. The summed E-state index contributed by atoms with van der Waals surface area (Å²) in [6, 6.07) is 5.59. The monoisotopic (exact) mass is 341 g/mol. The van der Waals surface area contributed by atoms with Crippen molar-refractivity contribution in [1.82, 2.24) is 19.9 Å². The zero-order valence-corrected chi connectivity index (χ0v) is 14.6. The van der Waals surface area contributed by atoms with Crippen molar-refractivity contribution in [3.63, 3.8) is 0 Å². The quantitative estimate of drug-likeness (QED) is 0.859. The minimum atomic E-state index is -0.429. The van der Waals surface area contributed by atoms with Gasteiger partial charge in [-0.3, -0.25) is 9.78 Å². The third-order valence-electron chi connectivity index (χ3n) is 4.38. The van der Waals surface area contributed by atoms with Gasteiger partial charge in [0.1, 0.15) is 11.5 Å². The molecule has 2 aromatic heterocycles. The fraction of sp³-hybridized carbons (Fsp3) is 0.444. The van der Waals surface area contributed by atoms with E-state index in [-0.39, 0.29) is 5.91 Å². The summed E-state index contributed by atoms with van der Waals surface area (Å²) in [7, 11) is 0. The second kappa shape index (κ2) is 7.57. The van der Waals surface area contributed by atoms with E-state index >= 15 is 0 Å². The van der Waals surface area contributed by atoms with Crippen molar-refractivity contribution < 1.29 is 9.90 Å². The lowest BCUT2D eigenvalue weighted by molar-refractivity contribution is -0.129. The Labute approximate surface area is 147 Å². The molecule has 0 aromatic carbocycles. The zero-order chi connectivity index (χ0) is 17.8. The largest absolute Gasteiger partial charge is 0.391 e. The molecular formula is C18H23N5O2. The Morgan fingerprint density at radius 3 is 2.92 bits per heavy atom. The number of aromatic nitrogens is 3. The molecule has 1 amide bonds. The maximum absolute atomic E-state index is 11.7. The van der Waals surface area contributed by atoms with E-state index in [9.17, 15) is 9.90 Å². The first-order valence-electron chi connectivity index (χ1n) is 8.57. The molecule has 1 aliphatic rings. The van der Waals surface area contributed by atoms with Crippen LogP contribution in [0.1, 0.15) is 31.5 Å². The molecule has 0 unspecified atom stereocenters. The van der Waals surface area contributed by atoms with E-state index in [2.05, 4.69) is 20.3 Å². The molecule has 3 rings (SSSR count). The lowest BCUT2D eigenvalue weighted by Gasteiger charge is -2.28. The minimum Gasteiger partial charge on any atom is -0.391 e. The standard InChI is InChI=1S/C18H23N5O2/c1-3-13(25)10-20-17-14-7-9-23(12(2)24)11-16(14)21-18(22-17)15-6-4-5-8-19-15/h4-6,8,13,25H,3,7,9-11H2,1-2H3,(H,20,21,22)/t13-/m1/s1. The van der Waals surface area contributed by atoms with E-state index in [1.165, 1.54) is 0 Å². The van der Waals surface area contributed by atoms with E-state index in [1.807, 2.05) is 25.1 Å². The lowest BCUT2D eigenvalue weighted by atomic mass is 10.0. The van der Waals surface area contributed by atoms with Crippen LogP contribution in [0.15, 0.2) is 24.4 Å². The number of carbonyl (C=O) groups excluding carboxylic acids is 1. The first kappa shape index (κ1) is 17.3. The first-order chi connectivity index (χ1) is 12.1. The highest BCUT2D eigenvalue weighted by molar-refractivity contribution is 5.74. The van der Waals surface area contributed by atoms with Crippen molar-refractivity contribution in [1.29, 1.82) is 0 Å². The molecule has 0 radical (unpaired) electrons. The molecule has 0 saturated carbocycles. The van der Waals surface area contributed by atoms with Crippen LogP contribution < -0.4 is 5.32 Å². The second-order valence-electron chi connectivity index (χ2n) is 6.17. The van der Waals surface area contributed by atoms with E-state index in [4.69, 9.17) is 0 Å². The van der Waals surface area contributed by atoms with Crippen LogP contribution in [-0.2, 0) is 17.8 Å². The van der Waals surface area contributed by atoms with E-state index in [0.29, 0.717) is 44.0 Å². The maximum Gasteiger partial charge on any atom is 0.219 e. The molecule has 2 N–H and O–H groups in total. The summed E-state index contributed by atoms with van der Waals surface area (Å²) in [6.45, 7) is 5.06. The molecule has 2 aromatic rings. The Bertz CT molecular complexity index is 751. The molecule has 7 heteroatoms. The van der Waals surface area contributed by atoms with Gasteiger partial charge in [0.2, 0.25) is 5.91 Å². The number of carbonyl (C=O) groups is 1. The van der Waals surface area contributed by atoms with Crippen molar-refractivity contribution in [2.45, 2.75) is 39.3 Å². The number of nitrogens with one attached hydrogen (secondary N) is 1. The van der Waals surface area contributed by atoms with Crippen LogP contribution in [0.5, 0.6) is 0 Å². The summed E-state index contributed by atoms with van der Waals surface area (Å²) in [5.74, 6) is 1.29. The Balaban J connectivity index is 1.98. The summed E-state index contributed by atoms with van der Waals surface area (Å²) in [5.41, 5.74) is 2.54. The number of anilines is 1. The van der Waals surface area contributed by atoms with Crippen LogP contribution >= 0.6 is 0 Å². The molecule has 3 heterocycles. The molecular weight excluding hydrogens is 318 g/mol. The number of amides is 1. The van der Waals surface area contributed by atoms with Gasteiger partial charge in [-0.15, -0.1) is 0 Å². The van der Waals surface area contributed by atoms with Crippen molar-refractivity contribution in [2.24, 2.45) is 0 Å². The summed E-state index contributed by atoms with van der Waals surface area (Å²) in [6.07, 6.45) is 2.64. The molecule has 0 fully saturated rings. The molecule has 1 aliphatic heterocycles. The molecule has 7 nitrogen and oxygen atoms in total. The van der Waals surface area contributed by atoms with E-state index in [0.717, 1.165) is 17.1 Å². The number of fused-ring (bicyclic) bond motifs is 1. The van der Waals surface area contributed by atoms with Gasteiger partial charge in [0.15, 0.2) is 5.82 Å². The second-order valence-corrected chi connectivity index (χ2v) is 6.17. The predicted octanol–water partition coefficient (Wildman–Crippen LogP) is 1.63. The zero-order valence-electron chi connectivity index (χ0n) is 14.6. The van der Waals surface area contributed by atoms with Gasteiger partial charge in [0.05, 0.1) is 18.3 Å². The average Bonchev–Trinajstić information content (AvgIpc) is 2.65. The number of nitrogens with zero attached hydrogens (tertiary/aromatic N) is 4. The van der Waals surface area contributed by atoms with Crippen molar-refractivity contribution >= 4 is 11.7 Å². The molecule has 0 bridgehead atoms. The van der Waals surface area contributed by atoms with Gasteiger partial charge in [-0.2, -0.15) is 0 Å². The van der Waals surface area contributed by atoms with Crippen LogP contribution in [0, 0.1) is 0 Å².